The molecule has 1 N–H and O–H groups in total. The van der Waals surface area contributed by atoms with Crippen LogP contribution in [0.5, 0.6) is 0 Å². The smallest absolute Gasteiger partial charge is 0.0414 e. The number of fused-ring (bicyclic) bond motifs is 1. The molecule has 1 aliphatic heterocycles. The van der Waals surface area contributed by atoms with Crippen LogP contribution in [0.25, 0.3) is 0 Å². The van der Waals surface area contributed by atoms with E-state index in [2.05, 4.69) is 48.3 Å². The molecule has 0 aliphatic carbocycles. The number of benzene rings is 1. The van der Waals surface area contributed by atoms with E-state index in [9.17, 15) is 0 Å². The molecule has 0 spiro atoms. The Morgan fingerprint density at radius 2 is 2.12 bits per heavy atom. The molecule has 0 radical (unpaired) electrons. The monoisotopic (exact) mass is 218 g/mol. The molecule has 2 nitrogen and oxygen atoms in total. The summed E-state index contributed by atoms with van der Waals surface area (Å²) in [4.78, 5) is 2.49. The van der Waals surface area contributed by atoms with Gasteiger partial charge in [0.2, 0.25) is 0 Å². The van der Waals surface area contributed by atoms with Crippen LogP contribution in [0.3, 0.4) is 0 Å². The van der Waals surface area contributed by atoms with Gasteiger partial charge in [-0.05, 0) is 37.9 Å². The lowest BCUT2D eigenvalue weighted by atomic mass is 10.0. The minimum Gasteiger partial charge on any atom is -0.372 e. The van der Waals surface area contributed by atoms with Crippen LogP contribution in [0, 0.1) is 0 Å². The number of para-hydroxylation sites is 1. The number of anilines is 1. The molecular formula is C14H22N2. The Bertz CT molecular complexity index is 335. The van der Waals surface area contributed by atoms with E-state index in [4.69, 9.17) is 0 Å². The van der Waals surface area contributed by atoms with Crippen molar-refractivity contribution in [1.29, 1.82) is 0 Å². The van der Waals surface area contributed by atoms with E-state index in [1.807, 2.05) is 0 Å². The summed E-state index contributed by atoms with van der Waals surface area (Å²) in [6.07, 6.45) is 2.53. The number of rotatable bonds is 3. The summed E-state index contributed by atoms with van der Waals surface area (Å²) in [5.41, 5.74) is 2.90. The first kappa shape index (κ1) is 11.5. The lowest BCUT2D eigenvalue weighted by Crippen LogP contribution is -2.24. The van der Waals surface area contributed by atoms with E-state index in [0.717, 1.165) is 13.1 Å². The molecule has 16 heavy (non-hydrogen) atoms. The highest BCUT2D eigenvalue weighted by Gasteiger charge is 2.20. The van der Waals surface area contributed by atoms with Gasteiger partial charge in [0.05, 0.1) is 0 Å². The molecule has 1 unspecified atom stereocenters. The fourth-order valence-electron chi connectivity index (χ4n) is 2.62. The van der Waals surface area contributed by atoms with E-state index in [1.54, 1.807) is 0 Å². The SMILES string of the molecule is CCNC1CCCN(CC)c2ccccc21. The molecule has 1 aromatic rings. The average Bonchev–Trinajstić information content (AvgIpc) is 2.50. The van der Waals surface area contributed by atoms with Crippen molar-refractivity contribution in [3.05, 3.63) is 29.8 Å². The van der Waals surface area contributed by atoms with E-state index < -0.39 is 0 Å². The summed E-state index contributed by atoms with van der Waals surface area (Å²) in [7, 11) is 0. The fourth-order valence-corrected chi connectivity index (χ4v) is 2.62. The molecule has 0 bridgehead atoms. The van der Waals surface area contributed by atoms with Gasteiger partial charge < -0.3 is 10.2 Å². The maximum atomic E-state index is 3.60. The van der Waals surface area contributed by atoms with Gasteiger partial charge in [-0.25, -0.2) is 0 Å². The van der Waals surface area contributed by atoms with Gasteiger partial charge in [0.1, 0.15) is 0 Å². The van der Waals surface area contributed by atoms with Crippen molar-refractivity contribution in [2.75, 3.05) is 24.5 Å². The topological polar surface area (TPSA) is 15.3 Å². The van der Waals surface area contributed by atoms with Gasteiger partial charge in [-0.1, -0.05) is 25.1 Å². The average molecular weight is 218 g/mol. The van der Waals surface area contributed by atoms with Gasteiger partial charge >= 0.3 is 0 Å². The van der Waals surface area contributed by atoms with Crippen LogP contribution >= 0.6 is 0 Å². The lowest BCUT2D eigenvalue weighted by molar-refractivity contribution is 0.511. The van der Waals surface area contributed by atoms with Crippen LogP contribution in [-0.2, 0) is 0 Å². The molecule has 0 saturated carbocycles. The largest absolute Gasteiger partial charge is 0.372 e. The Labute approximate surface area is 98.7 Å². The summed E-state index contributed by atoms with van der Waals surface area (Å²) in [5, 5.41) is 3.60. The van der Waals surface area contributed by atoms with Crippen molar-refractivity contribution in [2.45, 2.75) is 32.7 Å². The Morgan fingerprint density at radius 1 is 1.31 bits per heavy atom. The minimum absolute atomic E-state index is 0.540. The Morgan fingerprint density at radius 3 is 2.88 bits per heavy atom. The molecule has 1 aliphatic rings. The first-order valence-corrected chi connectivity index (χ1v) is 6.44. The van der Waals surface area contributed by atoms with Crippen LogP contribution in [0.2, 0.25) is 0 Å². The zero-order valence-electron chi connectivity index (χ0n) is 10.4. The third-order valence-electron chi connectivity index (χ3n) is 3.41. The number of nitrogens with one attached hydrogen (secondary N) is 1. The van der Waals surface area contributed by atoms with Crippen molar-refractivity contribution in [1.82, 2.24) is 5.32 Å². The predicted octanol–water partition coefficient (Wildman–Crippen LogP) is 2.96. The highest BCUT2D eigenvalue weighted by molar-refractivity contribution is 5.55. The molecule has 1 atom stereocenters. The maximum absolute atomic E-state index is 3.60. The second kappa shape index (κ2) is 5.35. The van der Waals surface area contributed by atoms with E-state index >= 15 is 0 Å². The molecule has 0 aromatic heterocycles. The standard InChI is InChI=1S/C14H22N2/c1-3-15-13-9-7-11-16(4-2)14-10-6-5-8-12(13)14/h5-6,8,10,13,15H,3-4,7,9,11H2,1-2H3. The predicted molar refractivity (Wildman–Crippen MR) is 70.0 cm³/mol. The van der Waals surface area contributed by atoms with Crippen molar-refractivity contribution < 1.29 is 0 Å². The molecule has 88 valence electrons. The summed E-state index contributed by atoms with van der Waals surface area (Å²) >= 11 is 0. The molecule has 1 aromatic carbocycles. The van der Waals surface area contributed by atoms with Gasteiger partial charge in [0.15, 0.2) is 0 Å². The number of hydrogen-bond donors (Lipinski definition) is 1. The second-order valence-electron chi connectivity index (χ2n) is 4.39. The molecular weight excluding hydrogens is 196 g/mol. The zero-order chi connectivity index (χ0) is 11.4. The van der Waals surface area contributed by atoms with Crippen molar-refractivity contribution in [3.63, 3.8) is 0 Å². The normalized spacial score (nSPS) is 20.4. The maximum Gasteiger partial charge on any atom is 0.0414 e. The summed E-state index contributed by atoms with van der Waals surface area (Å²) in [6, 6.07) is 9.38. The van der Waals surface area contributed by atoms with E-state index in [0.29, 0.717) is 6.04 Å². The van der Waals surface area contributed by atoms with Gasteiger partial charge in [0.25, 0.3) is 0 Å². The quantitative estimate of drug-likeness (QED) is 0.839. The molecule has 2 heteroatoms. The Hall–Kier alpha value is -1.02. The molecule has 0 fully saturated rings. The highest BCUT2D eigenvalue weighted by Crippen LogP contribution is 2.32. The van der Waals surface area contributed by atoms with Gasteiger partial charge in [-0.15, -0.1) is 0 Å². The third-order valence-corrected chi connectivity index (χ3v) is 3.41. The Balaban J connectivity index is 2.34. The van der Waals surface area contributed by atoms with Crippen LogP contribution in [0.4, 0.5) is 5.69 Å². The van der Waals surface area contributed by atoms with Gasteiger partial charge in [0, 0.05) is 24.8 Å². The second-order valence-corrected chi connectivity index (χ2v) is 4.39. The van der Waals surface area contributed by atoms with Gasteiger partial charge in [-0.3, -0.25) is 0 Å². The summed E-state index contributed by atoms with van der Waals surface area (Å²) < 4.78 is 0. The third kappa shape index (κ3) is 2.22. The Kier molecular flexibility index (Phi) is 3.83. The number of nitrogens with zero attached hydrogens (tertiary/aromatic N) is 1. The van der Waals surface area contributed by atoms with Crippen LogP contribution < -0.4 is 10.2 Å². The first-order chi connectivity index (χ1) is 7.86. The fraction of sp³-hybridized carbons (Fsp3) is 0.571. The summed E-state index contributed by atoms with van der Waals surface area (Å²) in [6.45, 7) is 7.77. The first-order valence-electron chi connectivity index (χ1n) is 6.44. The molecule has 1 heterocycles. The van der Waals surface area contributed by atoms with Crippen molar-refractivity contribution in [3.8, 4) is 0 Å². The highest BCUT2D eigenvalue weighted by atomic mass is 15.1. The molecule has 0 saturated heterocycles. The van der Waals surface area contributed by atoms with Crippen LogP contribution in [-0.4, -0.2) is 19.6 Å². The van der Waals surface area contributed by atoms with Gasteiger partial charge in [-0.2, -0.15) is 0 Å². The number of hydrogen-bond acceptors (Lipinski definition) is 2. The minimum atomic E-state index is 0.540. The van der Waals surface area contributed by atoms with E-state index in [-0.39, 0.29) is 0 Å². The summed E-state index contributed by atoms with van der Waals surface area (Å²) in [5.74, 6) is 0. The van der Waals surface area contributed by atoms with Crippen molar-refractivity contribution in [2.24, 2.45) is 0 Å². The zero-order valence-corrected chi connectivity index (χ0v) is 10.4. The van der Waals surface area contributed by atoms with Crippen LogP contribution in [0.15, 0.2) is 24.3 Å². The van der Waals surface area contributed by atoms with Crippen LogP contribution in [0.1, 0.15) is 38.3 Å². The molecule has 2 rings (SSSR count). The van der Waals surface area contributed by atoms with E-state index in [1.165, 1.54) is 30.6 Å². The van der Waals surface area contributed by atoms with Crippen molar-refractivity contribution >= 4 is 5.69 Å². The molecule has 0 amide bonds. The lowest BCUT2D eigenvalue weighted by Gasteiger charge is -2.24.